The van der Waals surface area contributed by atoms with E-state index in [-0.39, 0.29) is 0 Å². The monoisotopic (exact) mass is 392 g/mol. The van der Waals surface area contributed by atoms with Gasteiger partial charge in [0.15, 0.2) is 0 Å². The lowest BCUT2D eigenvalue weighted by Crippen LogP contribution is -2.37. The molecule has 0 aliphatic carbocycles. The zero-order valence-corrected chi connectivity index (χ0v) is 17.0. The molecule has 7 heteroatoms. The van der Waals surface area contributed by atoms with Gasteiger partial charge in [-0.05, 0) is 37.0 Å². The summed E-state index contributed by atoms with van der Waals surface area (Å²) in [4.78, 5) is 18.6. The van der Waals surface area contributed by atoms with Gasteiger partial charge in [0.1, 0.15) is 18.0 Å². The molecule has 2 aliphatic heterocycles. The molecule has 7 nitrogen and oxygen atoms in total. The maximum absolute atomic E-state index is 5.48. The third kappa shape index (κ3) is 3.79. The molecule has 5 rings (SSSR count). The van der Waals surface area contributed by atoms with Gasteiger partial charge < -0.3 is 19.1 Å². The van der Waals surface area contributed by atoms with Crippen molar-refractivity contribution in [2.75, 3.05) is 49.2 Å². The second-order valence-electron chi connectivity index (χ2n) is 8.11. The van der Waals surface area contributed by atoms with Crippen molar-refractivity contribution in [2.45, 2.75) is 19.3 Å². The van der Waals surface area contributed by atoms with E-state index in [1.165, 1.54) is 24.4 Å². The standard InChI is InChI=1S/C22H28N6O/c1-26-8-6-23-21(26)13-17-3-2-7-28(15-17)22-19-5-4-18(14-20(19)24-16-25-22)27-9-11-29-12-10-27/h4-6,8,14,16-17H,2-3,7,9-13,15H2,1H3. The van der Waals surface area contributed by atoms with Gasteiger partial charge in [0.25, 0.3) is 0 Å². The number of benzene rings is 1. The SMILES string of the molecule is Cn1ccnc1CC1CCCN(c2ncnc3cc(N4CCOCC4)ccc23)C1. The Hall–Kier alpha value is -2.67. The van der Waals surface area contributed by atoms with Crippen LogP contribution in [0.5, 0.6) is 0 Å². The molecule has 2 fully saturated rings. The highest BCUT2D eigenvalue weighted by Gasteiger charge is 2.24. The fourth-order valence-electron chi connectivity index (χ4n) is 4.58. The van der Waals surface area contributed by atoms with Crippen LogP contribution in [0.3, 0.4) is 0 Å². The summed E-state index contributed by atoms with van der Waals surface area (Å²) in [6.45, 7) is 5.52. The molecule has 2 aromatic heterocycles. The molecule has 152 valence electrons. The lowest BCUT2D eigenvalue weighted by Gasteiger charge is -2.34. The number of hydrogen-bond donors (Lipinski definition) is 0. The summed E-state index contributed by atoms with van der Waals surface area (Å²) in [5.74, 6) is 2.83. The van der Waals surface area contributed by atoms with Gasteiger partial charge in [-0.1, -0.05) is 0 Å². The first-order valence-corrected chi connectivity index (χ1v) is 10.6. The van der Waals surface area contributed by atoms with Crippen LogP contribution in [-0.4, -0.2) is 58.9 Å². The van der Waals surface area contributed by atoms with Crippen LogP contribution in [0.4, 0.5) is 11.5 Å². The lowest BCUT2D eigenvalue weighted by molar-refractivity contribution is 0.122. The van der Waals surface area contributed by atoms with Gasteiger partial charge in [-0.25, -0.2) is 15.0 Å². The minimum absolute atomic E-state index is 0.600. The molecule has 0 saturated carbocycles. The molecule has 0 radical (unpaired) electrons. The summed E-state index contributed by atoms with van der Waals surface area (Å²) in [5, 5.41) is 1.14. The topological polar surface area (TPSA) is 59.3 Å². The van der Waals surface area contributed by atoms with Gasteiger partial charge in [0.05, 0.1) is 18.7 Å². The fourth-order valence-corrected chi connectivity index (χ4v) is 4.58. The van der Waals surface area contributed by atoms with Crippen LogP contribution in [0.25, 0.3) is 10.9 Å². The first-order valence-electron chi connectivity index (χ1n) is 10.6. The van der Waals surface area contributed by atoms with Crippen molar-refractivity contribution in [3.63, 3.8) is 0 Å². The van der Waals surface area contributed by atoms with E-state index in [1.54, 1.807) is 6.33 Å². The van der Waals surface area contributed by atoms with Crippen LogP contribution < -0.4 is 9.80 Å². The number of aromatic nitrogens is 4. The Labute approximate surface area is 171 Å². The summed E-state index contributed by atoms with van der Waals surface area (Å²) in [6, 6.07) is 6.59. The van der Waals surface area contributed by atoms with Crippen LogP contribution in [0, 0.1) is 5.92 Å². The minimum Gasteiger partial charge on any atom is -0.378 e. The Balaban J connectivity index is 1.38. The number of hydrogen-bond acceptors (Lipinski definition) is 6. The number of aryl methyl sites for hydroxylation is 1. The zero-order valence-electron chi connectivity index (χ0n) is 17.0. The molecule has 2 aliphatic rings. The van der Waals surface area contributed by atoms with Crippen molar-refractivity contribution in [1.29, 1.82) is 0 Å². The van der Waals surface area contributed by atoms with Crippen LogP contribution in [0.15, 0.2) is 36.9 Å². The highest BCUT2D eigenvalue weighted by atomic mass is 16.5. The summed E-state index contributed by atoms with van der Waals surface area (Å²) in [7, 11) is 2.08. The van der Waals surface area contributed by atoms with Crippen molar-refractivity contribution in [3.05, 3.63) is 42.7 Å². The molecule has 0 amide bonds. The second-order valence-corrected chi connectivity index (χ2v) is 8.11. The van der Waals surface area contributed by atoms with Crippen molar-refractivity contribution >= 4 is 22.4 Å². The van der Waals surface area contributed by atoms with Gasteiger partial charge in [0, 0.05) is 63.1 Å². The average molecular weight is 393 g/mol. The van der Waals surface area contributed by atoms with Crippen molar-refractivity contribution < 1.29 is 4.74 Å². The zero-order chi connectivity index (χ0) is 19.6. The molecule has 0 N–H and O–H groups in total. The smallest absolute Gasteiger partial charge is 0.139 e. The summed E-state index contributed by atoms with van der Waals surface area (Å²) < 4.78 is 7.61. The van der Waals surface area contributed by atoms with E-state index in [0.717, 1.165) is 62.5 Å². The van der Waals surface area contributed by atoms with E-state index >= 15 is 0 Å². The maximum Gasteiger partial charge on any atom is 0.139 e. The van der Waals surface area contributed by atoms with E-state index in [0.29, 0.717) is 5.92 Å². The molecular weight excluding hydrogens is 364 g/mol. The highest BCUT2D eigenvalue weighted by Crippen LogP contribution is 2.30. The number of ether oxygens (including phenoxy) is 1. The van der Waals surface area contributed by atoms with Crippen molar-refractivity contribution in [2.24, 2.45) is 13.0 Å². The number of nitrogens with zero attached hydrogens (tertiary/aromatic N) is 6. The average Bonchev–Trinajstić information content (AvgIpc) is 3.18. The third-order valence-corrected chi connectivity index (χ3v) is 6.19. The van der Waals surface area contributed by atoms with E-state index in [2.05, 4.69) is 54.6 Å². The maximum atomic E-state index is 5.48. The molecular formula is C22H28N6O. The second kappa shape index (κ2) is 7.99. The molecule has 1 unspecified atom stereocenters. The van der Waals surface area contributed by atoms with Gasteiger partial charge >= 0.3 is 0 Å². The fraction of sp³-hybridized carbons (Fsp3) is 0.500. The van der Waals surface area contributed by atoms with Gasteiger partial charge in [-0.3, -0.25) is 0 Å². The Morgan fingerprint density at radius 1 is 1.07 bits per heavy atom. The number of imidazole rings is 1. The Morgan fingerprint density at radius 2 is 1.97 bits per heavy atom. The first kappa shape index (κ1) is 18.4. The molecule has 2 saturated heterocycles. The molecule has 3 aromatic rings. The number of piperidine rings is 1. The Kier molecular flexibility index (Phi) is 5.06. The first-order chi connectivity index (χ1) is 14.3. The molecule has 29 heavy (non-hydrogen) atoms. The van der Waals surface area contributed by atoms with E-state index < -0.39 is 0 Å². The Bertz CT molecular complexity index is 980. The van der Waals surface area contributed by atoms with Crippen LogP contribution >= 0.6 is 0 Å². The molecule has 1 atom stereocenters. The number of morpholine rings is 1. The van der Waals surface area contributed by atoms with Crippen LogP contribution in [0.2, 0.25) is 0 Å². The molecule has 0 bridgehead atoms. The molecule has 0 spiro atoms. The predicted octanol–water partition coefficient (Wildman–Crippen LogP) is 2.66. The molecule has 4 heterocycles. The van der Waals surface area contributed by atoms with E-state index in [9.17, 15) is 0 Å². The van der Waals surface area contributed by atoms with Crippen molar-refractivity contribution in [3.8, 4) is 0 Å². The van der Waals surface area contributed by atoms with E-state index in [4.69, 9.17) is 4.74 Å². The largest absolute Gasteiger partial charge is 0.378 e. The summed E-state index contributed by atoms with van der Waals surface area (Å²) in [5.41, 5.74) is 2.24. The molecule has 1 aromatic carbocycles. The number of anilines is 2. The van der Waals surface area contributed by atoms with Crippen LogP contribution in [-0.2, 0) is 18.2 Å². The van der Waals surface area contributed by atoms with Crippen LogP contribution in [0.1, 0.15) is 18.7 Å². The Morgan fingerprint density at radius 3 is 2.79 bits per heavy atom. The summed E-state index contributed by atoms with van der Waals surface area (Å²) in [6.07, 6.45) is 9.08. The predicted molar refractivity (Wildman–Crippen MR) is 114 cm³/mol. The highest BCUT2D eigenvalue weighted by molar-refractivity contribution is 5.91. The van der Waals surface area contributed by atoms with Gasteiger partial charge in [-0.2, -0.15) is 0 Å². The lowest BCUT2D eigenvalue weighted by atomic mass is 9.94. The minimum atomic E-state index is 0.600. The number of fused-ring (bicyclic) bond motifs is 1. The normalized spacial score (nSPS) is 20.4. The quantitative estimate of drug-likeness (QED) is 0.680. The third-order valence-electron chi connectivity index (χ3n) is 6.19. The van der Waals surface area contributed by atoms with Gasteiger partial charge in [-0.15, -0.1) is 0 Å². The van der Waals surface area contributed by atoms with E-state index in [1.807, 2.05) is 12.4 Å². The summed E-state index contributed by atoms with van der Waals surface area (Å²) >= 11 is 0. The van der Waals surface area contributed by atoms with Crippen molar-refractivity contribution in [1.82, 2.24) is 19.5 Å². The number of rotatable bonds is 4. The van der Waals surface area contributed by atoms with Gasteiger partial charge in [0.2, 0.25) is 0 Å².